The fourth-order valence-electron chi connectivity index (χ4n) is 3.55. The van der Waals surface area contributed by atoms with Crippen LogP contribution in [0.2, 0.25) is 0 Å². The van der Waals surface area contributed by atoms with Crippen LogP contribution in [-0.2, 0) is 17.8 Å². The summed E-state index contributed by atoms with van der Waals surface area (Å²) in [6, 6.07) is 10.5. The highest BCUT2D eigenvalue weighted by Crippen LogP contribution is 2.18. The van der Waals surface area contributed by atoms with E-state index in [0.29, 0.717) is 6.42 Å². The average Bonchev–Trinajstić information content (AvgIpc) is 2.68. The summed E-state index contributed by atoms with van der Waals surface area (Å²) in [5.74, 6) is 0.238. The van der Waals surface area contributed by atoms with E-state index < -0.39 is 0 Å². The third kappa shape index (κ3) is 5.30. The minimum absolute atomic E-state index is 0.238. The standard InChI is InChI=1S/C21H28N4OS/c1-16-19(17(2)23-21(22-16)27-3)9-10-20(26)25-13-11-24(12-14-25)15-18-7-5-4-6-8-18/h4-8H,9-15H2,1-3H3. The number of carbonyl (C=O) groups excluding carboxylic acids is 1. The molecule has 27 heavy (non-hydrogen) atoms. The molecule has 0 bridgehead atoms. The fourth-order valence-corrected chi connectivity index (χ4v) is 4.01. The lowest BCUT2D eigenvalue weighted by Gasteiger charge is -2.35. The van der Waals surface area contributed by atoms with E-state index in [9.17, 15) is 4.79 Å². The third-order valence-electron chi connectivity index (χ3n) is 5.15. The molecule has 2 heterocycles. The molecule has 1 aromatic carbocycles. The number of piperazine rings is 1. The van der Waals surface area contributed by atoms with Crippen LogP contribution >= 0.6 is 11.8 Å². The minimum Gasteiger partial charge on any atom is -0.340 e. The first-order valence-corrected chi connectivity index (χ1v) is 10.7. The number of benzene rings is 1. The van der Waals surface area contributed by atoms with Gasteiger partial charge in [0.15, 0.2) is 5.16 Å². The lowest BCUT2D eigenvalue weighted by molar-refractivity contribution is -0.133. The zero-order valence-corrected chi connectivity index (χ0v) is 17.3. The summed E-state index contributed by atoms with van der Waals surface area (Å²) in [7, 11) is 0. The van der Waals surface area contributed by atoms with Gasteiger partial charge in [-0.15, -0.1) is 0 Å². The summed E-state index contributed by atoms with van der Waals surface area (Å²) < 4.78 is 0. The Kier molecular flexibility index (Phi) is 6.85. The van der Waals surface area contributed by atoms with Gasteiger partial charge >= 0.3 is 0 Å². The van der Waals surface area contributed by atoms with E-state index in [1.165, 1.54) is 5.56 Å². The molecule has 1 fully saturated rings. The highest BCUT2D eigenvalue weighted by Gasteiger charge is 2.21. The van der Waals surface area contributed by atoms with E-state index in [0.717, 1.165) is 61.3 Å². The predicted octanol–water partition coefficient (Wildman–Crippen LogP) is 3.09. The van der Waals surface area contributed by atoms with E-state index >= 15 is 0 Å². The topological polar surface area (TPSA) is 49.3 Å². The van der Waals surface area contributed by atoms with Crippen molar-refractivity contribution in [3.63, 3.8) is 0 Å². The molecule has 1 aliphatic rings. The molecule has 1 amide bonds. The van der Waals surface area contributed by atoms with E-state index in [4.69, 9.17) is 0 Å². The second-order valence-corrected chi connectivity index (χ2v) is 7.78. The smallest absolute Gasteiger partial charge is 0.222 e. The van der Waals surface area contributed by atoms with Crippen LogP contribution in [0.5, 0.6) is 0 Å². The number of hydrogen-bond donors (Lipinski definition) is 0. The molecule has 0 N–H and O–H groups in total. The number of aromatic nitrogens is 2. The Hall–Kier alpha value is -1.92. The summed E-state index contributed by atoms with van der Waals surface area (Å²) in [4.78, 5) is 26.1. The van der Waals surface area contributed by atoms with Gasteiger partial charge in [-0.1, -0.05) is 42.1 Å². The van der Waals surface area contributed by atoms with Gasteiger partial charge < -0.3 is 4.90 Å². The zero-order chi connectivity index (χ0) is 19.2. The predicted molar refractivity (Wildman–Crippen MR) is 110 cm³/mol. The fraction of sp³-hybridized carbons (Fsp3) is 0.476. The number of nitrogens with zero attached hydrogens (tertiary/aromatic N) is 4. The first-order valence-electron chi connectivity index (χ1n) is 9.49. The zero-order valence-electron chi connectivity index (χ0n) is 16.4. The summed E-state index contributed by atoms with van der Waals surface area (Å²) in [5.41, 5.74) is 4.43. The van der Waals surface area contributed by atoms with E-state index in [1.807, 2.05) is 31.1 Å². The van der Waals surface area contributed by atoms with Crippen molar-refractivity contribution in [2.24, 2.45) is 0 Å². The molecule has 0 saturated carbocycles. The van der Waals surface area contributed by atoms with Crippen molar-refractivity contribution in [1.82, 2.24) is 19.8 Å². The monoisotopic (exact) mass is 384 g/mol. The van der Waals surface area contributed by atoms with Gasteiger partial charge in [-0.2, -0.15) is 0 Å². The summed E-state index contributed by atoms with van der Waals surface area (Å²) in [6.07, 6.45) is 3.23. The van der Waals surface area contributed by atoms with Gasteiger partial charge in [0.1, 0.15) is 0 Å². The molecule has 0 radical (unpaired) electrons. The van der Waals surface area contributed by atoms with Gasteiger partial charge in [0.25, 0.3) is 0 Å². The Labute approximate surface area is 166 Å². The van der Waals surface area contributed by atoms with Gasteiger partial charge in [-0.05, 0) is 37.7 Å². The maximum Gasteiger partial charge on any atom is 0.222 e. The van der Waals surface area contributed by atoms with E-state index in [2.05, 4.69) is 39.1 Å². The quantitative estimate of drug-likeness (QED) is 0.566. The number of aryl methyl sites for hydroxylation is 2. The highest BCUT2D eigenvalue weighted by atomic mass is 32.2. The Morgan fingerprint density at radius 2 is 1.67 bits per heavy atom. The minimum atomic E-state index is 0.238. The number of hydrogen-bond acceptors (Lipinski definition) is 5. The molecule has 144 valence electrons. The van der Waals surface area contributed by atoms with Crippen LogP contribution in [0.15, 0.2) is 35.5 Å². The van der Waals surface area contributed by atoms with Crippen molar-refractivity contribution < 1.29 is 4.79 Å². The van der Waals surface area contributed by atoms with Crippen LogP contribution < -0.4 is 0 Å². The third-order valence-corrected chi connectivity index (χ3v) is 5.69. The molecule has 0 aliphatic carbocycles. The molecule has 0 atom stereocenters. The van der Waals surface area contributed by atoms with E-state index in [1.54, 1.807) is 11.8 Å². The van der Waals surface area contributed by atoms with Crippen molar-refractivity contribution in [3.8, 4) is 0 Å². The molecule has 3 rings (SSSR count). The SMILES string of the molecule is CSc1nc(C)c(CCC(=O)N2CCN(Cc3ccccc3)CC2)c(C)n1. The normalized spacial score (nSPS) is 15.1. The summed E-state index contributed by atoms with van der Waals surface area (Å²) in [5, 5.41) is 0.801. The molecule has 0 unspecified atom stereocenters. The van der Waals surface area contributed by atoms with E-state index in [-0.39, 0.29) is 5.91 Å². The van der Waals surface area contributed by atoms with Crippen LogP contribution in [0.3, 0.4) is 0 Å². The average molecular weight is 385 g/mol. The van der Waals surface area contributed by atoms with Crippen molar-refractivity contribution in [1.29, 1.82) is 0 Å². The van der Waals surface area contributed by atoms with Gasteiger partial charge in [-0.25, -0.2) is 9.97 Å². The number of rotatable bonds is 6. The molecule has 5 nitrogen and oxygen atoms in total. The van der Waals surface area contributed by atoms with Crippen LogP contribution in [0.4, 0.5) is 0 Å². The van der Waals surface area contributed by atoms with Gasteiger partial charge in [-0.3, -0.25) is 9.69 Å². The van der Waals surface area contributed by atoms with Gasteiger partial charge in [0.05, 0.1) is 0 Å². The first kappa shape index (κ1) is 19.8. The molecular formula is C21H28N4OS. The molecule has 1 aliphatic heterocycles. The summed E-state index contributed by atoms with van der Waals surface area (Å²) >= 11 is 1.55. The maximum absolute atomic E-state index is 12.6. The van der Waals surface area contributed by atoms with Crippen LogP contribution in [-0.4, -0.2) is 58.1 Å². The lowest BCUT2D eigenvalue weighted by Crippen LogP contribution is -2.48. The lowest BCUT2D eigenvalue weighted by atomic mass is 10.1. The Morgan fingerprint density at radius 3 is 2.26 bits per heavy atom. The van der Waals surface area contributed by atoms with Crippen molar-refractivity contribution >= 4 is 17.7 Å². The van der Waals surface area contributed by atoms with Crippen LogP contribution in [0, 0.1) is 13.8 Å². The second kappa shape index (κ2) is 9.33. The number of thioether (sulfide) groups is 1. The molecule has 1 saturated heterocycles. The molecule has 2 aromatic rings. The largest absolute Gasteiger partial charge is 0.340 e. The van der Waals surface area contributed by atoms with Crippen molar-refractivity contribution in [2.75, 3.05) is 32.4 Å². The maximum atomic E-state index is 12.6. The molecule has 1 aromatic heterocycles. The van der Waals surface area contributed by atoms with Crippen molar-refractivity contribution in [3.05, 3.63) is 52.8 Å². The Morgan fingerprint density at radius 1 is 1.04 bits per heavy atom. The van der Waals surface area contributed by atoms with Crippen molar-refractivity contribution in [2.45, 2.75) is 38.4 Å². The van der Waals surface area contributed by atoms with Gasteiger partial charge in [0, 0.05) is 50.5 Å². The summed E-state index contributed by atoms with van der Waals surface area (Å²) in [6.45, 7) is 8.47. The number of carbonyl (C=O) groups is 1. The van der Waals surface area contributed by atoms with Gasteiger partial charge in [0.2, 0.25) is 5.91 Å². The second-order valence-electron chi connectivity index (χ2n) is 7.00. The van der Waals surface area contributed by atoms with Crippen LogP contribution in [0.1, 0.15) is 28.9 Å². The number of amides is 1. The molecular weight excluding hydrogens is 356 g/mol. The Bertz CT molecular complexity index is 750. The van der Waals surface area contributed by atoms with Crippen LogP contribution in [0.25, 0.3) is 0 Å². The highest BCUT2D eigenvalue weighted by molar-refractivity contribution is 7.98. The first-order chi connectivity index (χ1) is 13.1. The molecule has 6 heteroatoms. The Balaban J connectivity index is 1.49. The molecule has 0 spiro atoms.